The van der Waals surface area contributed by atoms with Crippen molar-refractivity contribution in [3.8, 4) is 12.3 Å². The highest BCUT2D eigenvalue weighted by Crippen LogP contribution is 2.16. The molecule has 1 amide bonds. The van der Waals surface area contributed by atoms with E-state index in [0.29, 0.717) is 5.71 Å². The fraction of sp³-hybridized carbons (Fsp3) is 0.267. The van der Waals surface area contributed by atoms with Crippen LogP contribution in [0.5, 0.6) is 0 Å². The van der Waals surface area contributed by atoms with Crippen LogP contribution in [0.4, 0.5) is 0 Å². The Kier molecular flexibility index (Phi) is 4.57. The van der Waals surface area contributed by atoms with E-state index in [4.69, 9.17) is 16.4 Å². The molecule has 0 saturated heterocycles. The zero-order valence-corrected chi connectivity index (χ0v) is 11.2. The van der Waals surface area contributed by atoms with Gasteiger partial charge in [-0.05, 0) is 5.56 Å². The van der Waals surface area contributed by atoms with E-state index >= 15 is 0 Å². The number of aliphatic carboxylic acids is 1. The van der Waals surface area contributed by atoms with E-state index in [-0.39, 0.29) is 12.8 Å². The van der Waals surface area contributed by atoms with Gasteiger partial charge in [-0.25, -0.2) is 4.79 Å². The van der Waals surface area contributed by atoms with Crippen molar-refractivity contribution in [1.82, 2.24) is 5.32 Å². The molecule has 108 valence electrons. The lowest BCUT2D eigenvalue weighted by molar-refractivity contribution is -0.143. The molecule has 1 aromatic rings. The van der Waals surface area contributed by atoms with Gasteiger partial charge in [0.15, 0.2) is 0 Å². The van der Waals surface area contributed by atoms with Gasteiger partial charge in [-0.1, -0.05) is 35.5 Å². The molecule has 1 aliphatic heterocycles. The number of carbonyl (C=O) groups excluding carboxylic acids is 1. The van der Waals surface area contributed by atoms with E-state index in [9.17, 15) is 9.59 Å². The van der Waals surface area contributed by atoms with E-state index in [1.165, 1.54) is 0 Å². The minimum absolute atomic E-state index is 0.0831. The molecule has 6 nitrogen and oxygen atoms in total. The van der Waals surface area contributed by atoms with Gasteiger partial charge in [0, 0.05) is 12.8 Å². The van der Waals surface area contributed by atoms with Crippen molar-refractivity contribution in [1.29, 1.82) is 0 Å². The van der Waals surface area contributed by atoms with E-state index in [2.05, 4.69) is 16.4 Å². The first-order chi connectivity index (χ1) is 10.1. The number of carboxylic acids is 1. The van der Waals surface area contributed by atoms with Gasteiger partial charge in [0.25, 0.3) is 5.91 Å². The van der Waals surface area contributed by atoms with Crippen LogP contribution in [0.15, 0.2) is 35.5 Å². The fourth-order valence-electron chi connectivity index (χ4n) is 1.90. The largest absolute Gasteiger partial charge is 0.480 e. The Labute approximate surface area is 121 Å². The number of hydrogen-bond donors (Lipinski definition) is 2. The molecule has 1 aliphatic rings. The molecule has 1 aromatic carbocycles. The van der Waals surface area contributed by atoms with Crippen molar-refractivity contribution in [3.63, 3.8) is 0 Å². The number of hydrogen-bond acceptors (Lipinski definition) is 4. The first-order valence-electron chi connectivity index (χ1n) is 6.36. The third-order valence-corrected chi connectivity index (χ3v) is 3.00. The second-order valence-electron chi connectivity index (χ2n) is 4.51. The van der Waals surface area contributed by atoms with E-state index in [0.717, 1.165) is 5.56 Å². The number of nitrogens with zero attached hydrogens (tertiary/aromatic N) is 1. The number of carboxylic acid groups (broad SMARTS) is 1. The second-order valence-corrected chi connectivity index (χ2v) is 4.51. The number of rotatable bonds is 5. The molecule has 0 spiro atoms. The maximum Gasteiger partial charge on any atom is 0.327 e. The predicted octanol–water partition coefficient (Wildman–Crippen LogP) is 0.772. The van der Waals surface area contributed by atoms with Crippen molar-refractivity contribution >= 4 is 17.6 Å². The highest BCUT2D eigenvalue weighted by atomic mass is 16.6. The predicted molar refractivity (Wildman–Crippen MR) is 75.5 cm³/mol. The average Bonchev–Trinajstić information content (AvgIpc) is 2.97. The summed E-state index contributed by atoms with van der Waals surface area (Å²) in [6, 6.07) is 8.20. The molecule has 0 saturated carbocycles. The fourth-order valence-corrected chi connectivity index (χ4v) is 1.90. The van der Waals surface area contributed by atoms with Gasteiger partial charge >= 0.3 is 5.97 Å². The highest BCUT2D eigenvalue weighted by Gasteiger charge is 2.31. The molecule has 2 rings (SSSR count). The molecule has 0 fully saturated rings. The van der Waals surface area contributed by atoms with Crippen molar-refractivity contribution in [2.24, 2.45) is 5.16 Å². The highest BCUT2D eigenvalue weighted by molar-refractivity contribution is 6.04. The normalized spacial score (nSPS) is 18.0. The van der Waals surface area contributed by atoms with Crippen molar-refractivity contribution < 1.29 is 19.5 Å². The number of benzene rings is 1. The van der Waals surface area contributed by atoms with Crippen LogP contribution in [0.2, 0.25) is 0 Å². The van der Waals surface area contributed by atoms with Crippen LogP contribution in [0.1, 0.15) is 18.4 Å². The minimum atomic E-state index is -1.18. The number of carbonyl (C=O) groups is 2. The molecule has 6 heteroatoms. The number of oxime groups is 1. The van der Waals surface area contributed by atoms with Crippen LogP contribution >= 0.6 is 0 Å². The lowest BCUT2D eigenvalue weighted by Crippen LogP contribution is -2.45. The van der Waals surface area contributed by atoms with Gasteiger partial charge in [0.05, 0.1) is 5.71 Å². The number of amides is 1. The van der Waals surface area contributed by atoms with Crippen molar-refractivity contribution in [2.45, 2.75) is 25.0 Å². The first-order valence-corrected chi connectivity index (χ1v) is 6.36. The van der Waals surface area contributed by atoms with Gasteiger partial charge in [-0.15, -0.1) is 12.3 Å². The first kappa shape index (κ1) is 14.6. The topological polar surface area (TPSA) is 88.0 Å². The molecule has 0 radical (unpaired) electrons. The summed E-state index contributed by atoms with van der Waals surface area (Å²) in [7, 11) is 0. The quantitative estimate of drug-likeness (QED) is 0.783. The number of terminal acetylenes is 1. The second kappa shape index (κ2) is 6.57. The van der Waals surface area contributed by atoms with Gasteiger partial charge in [-0.3, -0.25) is 4.79 Å². The van der Waals surface area contributed by atoms with Gasteiger partial charge in [0.1, 0.15) is 6.04 Å². The molecular formula is C15H14N2O4. The van der Waals surface area contributed by atoms with Crippen LogP contribution < -0.4 is 5.32 Å². The zero-order valence-electron chi connectivity index (χ0n) is 11.2. The third-order valence-electron chi connectivity index (χ3n) is 3.00. The molecular weight excluding hydrogens is 272 g/mol. The Hall–Kier alpha value is -2.81. The van der Waals surface area contributed by atoms with Crippen LogP contribution in [0, 0.1) is 12.3 Å². The van der Waals surface area contributed by atoms with Crippen molar-refractivity contribution in [2.75, 3.05) is 0 Å². The summed E-state index contributed by atoms with van der Waals surface area (Å²) in [4.78, 5) is 28.0. The Morgan fingerprint density at radius 3 is 2.81 bits per heavy atom. The van der Waals surface area contributed by atoms with Gasteiger partial charge < -0.3 is 15.3 Å². The van der Waals surface area contributed by atoms with E-state index in [1.54, 1.807) is 0 Å². The Balaban J connectivity index is 1.95. The molecule has 0 bridgehead atoms. The van der Waals surface area contributed by atoms with E-state index in [1.807, 2.05) is 30.3 Å². The molecule has 1 heterocycles. The van der Waals surface area contributed by atoms with Crippen molar-refractivity contribution in [3.05, 3.63) is 35.9 Å². The Morgan fingerprint density at radius 2 is 2.19 bits per heavy atom. The summed E-state index contributed by atoms with van der Waals surface area (Å²) < 4.78 is 0. The summed E-state index contributed by atoms with van der Waals surface area (Å²) in [6.45, 7) is 0. The summed E-state index contributed by atoms with van der Waals surface area (Å²) in [5, 5.41) is 15.2. The summed E-state index contributed by atoms with van der Waals surface area (Å²) in [5.74, 6) is 0.502. The maximum absolute atomic E-state index is 12.0. The molecule has 2 atom stereocenters. The average molecular weight is 286 g/mol. The summed E-state index contributed by atoms with van der Waals surface area (Å²) in [5.41, 5.74) is 1.52. The molecule has 21 heavy (non-hydrogen) atoms. The van der Waals surface area contributed by atoms with Crippen LogP contribution in [-0.2, 0) is 14.4 Å². The van der Waals surface area contributed by atoms with Crippen LogP contribution in [0.3, 0.4) is 0 Å². The van der Waals surface area contributed by atoms with Crippen LogP contribution in [-0.4, -0.2) is 34.8 Å². The monoisotopic (exact) mass is 286 g/mol. The Morgan fingerprint density at radius 1 is 1.48 bits per heavy atom. The number of nitrogens with one attached hydrogen (secondary N) is 1. The van der Waals surface area contributed by atoms with Gasteiger partial charge in [0.2, 0.25) is 6.10 Å². The summed E-state index contributed by atoms with van der Waals surface area (Å²) >= 11 is 0. The molecule has 2 N–H and O–H groups in total. The molecule has 0 aliphatic carbocycles. The lowest BCUT2D eigenvalue weighted by atomic mass is 10.0. The minimum Gasteiger partial charge on any atom is -0.480 e. The van der Waals surface area contributed by atoms with Gasteiger partial charge in [-0.2, -0.15) is 0 Å². The summed E-state index contributed by atoms with van der Waals surface area (Å²) in [6.07, 6.45) is 4.45. The van der Waals surface area contributed by atoms with E-state index < -0.39 is 24.0 Å². The SMILES string of the molecule is C#CCC(NC(=O)C1CC(c2ccccc2)=NO1)C(=O)O. The smallest absolute Gasteiger partial charge is 0.327 e. The third kappa shape index (κ3) is 3.60. The molecule has 2 unspecified atom stereocenters. The zero-order chi connectivity index (χ0) is 15.2. The Bertz CT molecular complexity index is 604. The lowest BCUT2D eigenvalue weighted by Gasteiger charge is -2.14. The van der Waals surface area contributed by atoms with Crippen LogP contribution in [0.25, 0.3) is 0 Å². The molecule has 0 aromatic heterocycles. The standard InChI is InChI=1S/C15H14N2O4/c1-2-6-11(15(19)20)16-14(18)13-9-12(17-21-13)10-7-4-3-5-8-10/h1,3-5,7-8,11,13H,6,9H2,(H,16,18)(H,19,20). The maximum atomic E-state index is 12.0.